The first-order chi connectivity index (χ1) is 9.16. The summed E-state index contributed by atoms with van der Waals surface area (Å²) in [4.78, 5) is 0.439. The standard InChI is InChI=1S/C16H21NO2S/c1-10-7-13(4)17(9-10)20(18,19)16-14(5)11(2)8-12(3)15(16)6/h7-9H,1-6H3. The summed E-state index contributed by atoms with van der Waals surface area (Å²) in [6.45, 7) is 11.4. The van der Waals surface area contributed by atoms with Crippen molar-refractivity contribution in [3.05, 3.63) is 51.8 Å². The Labute approximate surface area is 121 Å². The largest absolute Gasteiger partial charge is 0.268 e. The Bertz CT molecular complexity index is 757. The van der Waals surface area contributed by atoms with Gasteiger partial charge in [-0.2, -0.15) is 0 Å². The fraction of sp³-hybridized carbons (Fsp3) is 0.375. The Morgan fingerprint density at radius 2 is 1.35 bits per heavy atom. The maximum atomic E-state index is 13.0. The summed E-state index contributed by atoms with van der Waals surface area (Å²) in [6, 6.07) is 3.92. The molecule has 0 aliphatic rings. The quantitative estimate of drug-likeness (QED) is 0.848. The minimum absolute atomic E-state index is 0.439. The molecule has 2 aromatic rings. The molecular formula is C16H21NO2S. The maximum absolute atomic E-state index is 13.0. The molecule has 20 heavy (non-hydrogen) atoms. The van der Waals surface area contributed by atoms with Gasteiger partial charge in [-0.3, -0.25) is 0 Å². The van der Waals surface area contributed by atoms with Crippen molar-refractivity contribution in [1.82, 2.24) is 3.97 Å². The average molecular weight is 291 g/mol. The summed E-state index contributed by atoms with van der Waals surface area (Å²) >= 11 is 0. The van der Waals surface area contributed by atoms with Crippen LogP contribution in [0.4, 0.5) is 0 Å². The minimum atomic E-state index is -3.54. The molecule has 0 saturated carbocycles. The number of hydrogen-bond donors (Lipinski definition) is 0. The van der Waals surface area contributed by atoms with Crippen LogP contribution in [0.3, 0.4) is 0 Å². The van der Waals surface area contributed by atoms with Crippen LogP contribution < -0.4 is 0 Å². The van der Waals surface area contributed by atoms with Crippen molar-refractivity contribution >= 4 is 10.0 Å². The first-order valence-electron chi connectivity index (χ1n) is 6.65. The van der Waals surface area contributed by atoms with Crippen molar-refractivity contribution in [2.24, 2.45) is 0 Å². The lowest BCUT2D eigenvalue weighted by Gasteiger charge is -2.17. The fourth-order valence-electron chi connectivity index (χ4n) is 2.64. The highest BCUT2D eigenvalue weighted by molar-refractivity contribution is 7.90. The van der Waals surface area contributed by atoms with Gasteiger partial charge in [-0.1, -0.05) is 6.07 Å². The third-order valence-electron chi connectivity index (χ3n) is 3.92. The normalized spacial score (nSPS) is 11.9. The SMILES string of the molecule is Cc1cc(C)n(S(=O)(=O)c2c(C)c(C)cc(C)c2C)c1. The van der Waals surface area contributed by atoms with Crippen LogP contribution >= 0.6 is 0 Å². The van der Waals surface area contributed by atoms with Crippen LogP contribution in [0.1, 0.15) is 33.5 Å². The fourth-order valence-corrected chi connectivity index (χ4v) is 4.67. The van der Waals surface area contributed by atoms with Crippen molar-refractivity contribution in [2.45, 2.75) is 46.4 Å². The van der Waals surface area contributed by atoms with Gasteiger partial charge in [-0.15, -0.1) is 0 Å². The van der Waals surface area contributed by atoms with E-state index in [-0.39, 0.29) is 0 Å². The number of nitrogens with zero attached hydrogens (tertiary/aromatic N) is 1. The van der Waals surface area contributed by atoms with Crippen LogP contribution in [0.2, 0.25) is 0 Å². The van der Waals surface area contributed by atoms with Crippen LogP contribution in [-0.2, 0) is 10.0 Å². The Balaban J connectivity index is 2.83. The molecule has 1 aromatic carbocycles. The molecule has 108 valence electrons. The van der Waals surface area contributed by atoms with Crippen LogP contribution in [0.15, 0.2) is 23.2 Å². The molecule has 1 aromatic heterocycles. The number of aromatic nitrogens is 1. The summed E-state index contributed by atoms with van der Waals surface area (Å²) in [6.07, 6.45) is 1.68. The summed E-state index contributed by atoms with van der Waals surface area (Å²) in [7, 11) is -3.54. The van der Waals surface area contributed by atoms with E-state index in [2.05, 4.69) is 0 Å². The van der Waals surface area contributed by atoms with Gasteiger partial charge in [0, 0.05) is 11.9 Å². The van der Waals surface area contributed by atoms with Crippen molar-refractivity contribution < 1.29 is 8.42 Å². The first kappa shape index (κ1) is 14.9. The topological polar surface area (TPSA) is 39.1 Å². The Morgan fingerprint density at radius 3 is 1.75 bits per heavy atom. The molecule has 0 aliphatic heterocycles. The lowest BCUT2D eigenvalue weighted by molar-refractivity contribution is 0.584. The zero-order valence-electron chi connectivity index (χ0n) is 12.9. The van der Waals surface area contributed by atoms with Gasteiger partial charge >= 0.3 is 0 Å². The van der Waals surface area contributed by atoms with E-state index in [1.807, 2.05) is 53.7 Å². The predicted octanol–water partition coefficient (Wildman–Crippen LogP) is 3.58. The molecule has 3 nitrogen and oxygen atoms in total. The van der Waals surface area contributed by atoms with Gasteiger partial charge in [0.15, 0.2) is 0 Å². The van der Waals surface area contributed by atoms with Crippen LogP contribution in [0, 0.1) is 41.5 Å². The molecule has 0 atom stereocenters. The minimum Gasteiger partial charge on any atom is -0.246 e. The summed E-state index contributed by atoms with van der Waals surface area (Å²) in [5, 5.41) is 0. The third kappa shape index (κ3) is 2.18. The number of aryl methyl sites for hydroxylation is 4. The van der Waals surface area contributed by atoms with Crippen LogP contribution in [0.25, 0.3) is 0 Å². The highest BCUT2D eigenvalue weighted by Crippen LogP contribution is 2.28. The van der Waals surface area contributed by atoms with Crippen molar-refractivity contribution in [1.29, 1.82) is 0 Å². The molecule has 0 fully saturated rings. The van der Waals surface area contributed by atoms with Gasteiger partial charge in [0.05, 0.1) is 4.90 Å². The van der Waals surface area contributed by atoms with Crippen LogP contribution in [-0.4, -0.2) is 12.4 Å². The van der Waals surface area contributed by atoms with E-state index in [0.29, 0.717) is 4.90 Å². The first-order valence-corrected chi connectivity index (χ1v) is 8.09. The van der Waals surface area contributed by atoms with Crippen LogP contribution in [0.5, 0.6) is 0 Å². The summed E-state index contributed by atoms with van der Waals surface area (Å²) in [5.41, 5.74) is 5.37. The molecule has 0 spiro atoms. The van der Waals surface area contributed by atoms with Gasteiger partial charge in [0.1, 0.15) is 0 Å². The van der Waals surface area contributed by atoms with Crippen molar-refractivity contribution in [3.8, 4) is 0 Å². The van der Waals surface area contributed by atoms with E-state index in [4.69, 9.17) is 0 Å². The second-order valence-electron chi connectivity index (χ2n) is 5.55. The molecule has 2 rings (SSSR count). The Hall–Kier alpha value is -1.55. The second kappa shape index (κ2) is 4.77. The molecular weight excluding hydrogens is 270 g/mol. The zero-order valence-corrected chi connectivity index (χ0v) is 13.7. The molecule has 0 aliphatic carbocycles. The van der Waals surface area contributed by atoms with Gasteiger partial charge in [0.25, 0.3) is 10.0 Å². The van der Waals surface area contributed by atoms with Gasteiger partial charge < -0.3 is 0 Å². The number of hydrogen-bond acceptors (Lipinski definition) is 2. The summed E-state index contributed by atoms with van der Waals surface area (Å²) < 4.78 is 27.3. The average Bonchev–Trinajstić information content (AvgIpc) is 2.67. The summed E-state index contributed by atoms with van der Waals surface area (Å²) in [5.74, 6) is 0. The van der Waals surface area contributed by atoms with E-state index in [1.54, 1.807) is 6.20 Å². The number of rotatable bonds is 2. The van der Waals surface area contributed by atoms with E-state index in [0.717, 1.165) is 33.5 Å². The lowest BCUT2D eigenvalue weighted by Crippen LogP contribution is -2.17. The van der Waals surface area contributed by atoms with Crippen molar-refractivity contribution in [3.63, 3.8) is 0 Å². The van der Waals surface area contributed by atoms with E-state index in [9.17, 15) is 8.42 Å². The molecule has 0 radical (unpaired) electrons. The van der Waals surface area contributed by atoms with Gasteiger partial charge in [0.2, 0.25) is 0 Å². The number of benzene rings is 1. The molecule has 0 amide bonds. The molecule has 0 bridgehead atoms. The van der Waals surface area contributed by atoms with Gasteiger partial charge in [-0.25, -0.2) is 12.4 Å². The molecule has 0 saturated heterocycles. The van der Waals surface area contributed by atoms with Gasteiger partial charge in [-0.05, 0) is 75.4 Å². The zero-order chi connectivity index (χ0) is 15.2. The molecule has 0 unspecified atom stereocenters. The molecule has 0 N–H and O–H groups in total. The Kier molecular flexibility index (Phi) is 3.54. The monoisotopic (exact) mass is 291 g/mol. The smallest absolute Gasteiger partial charge is 0.246 e. The second-order valence-corrected chi connectivity index (χ2v) is 7.30. The highest BCUT2D eigenvalue weighted by Gasteiger charge is 2.24. The predicted molar refractivity (Wildman–Crippen MR) is 81.9 cm³/mol. The Morgan fingerprint density at radius 1 is 0.850 bits per heavy atom. The molecule has 1 heterocycles. The van der Waals surface area contributed by atoms with E-state index in [1.165, 1.54) is 3.97 Å². The maximum Gasteiger partial charge on any atom is 0.268 e. The molecule has 4 heteroatoms. The third-order valence-corrected chi connectivity index (χ3v) is 5.96. The van der Waals surface area contributed by atoms with E-state index >= 15 is 0 Å². The highest BCUT2D eigenvalue weighted by atomic mass is 32.2. The van der Waals surface area contributed by atoms with E-state index < -0.39 is 10.0 Å². The van der Waals surface area contributed by atoms with Crippen molar-refractivity contribution in [2.75, 3.05) is 0 Å². The lowest BCUT2D eigenvalue weighted by atomic mass is 10.0.